The Hall–Kier alpha value is -1.56. The van der Waals surface area contributed by atoms with Gasteiger partial charge in [0, 0.05) is 6.42 Å². The smallest absolute Gasteiger partial charge is 0.0125 e. The lowest BCUT2D eigenvalue weighted by molar-refractivity contribution is 1.58. The van der Waals surface area contributed by atoms with Crippen LogP contribution in [0.3, 0.4) is 0 Å². The Morgan fingerprint density at radius 3 is 2.54 bits per heavy atom. The molecule has 1 radical (unpaired) electrons. The molecule has 2 aromatic carbocycles. The van der Waals surface area contributed by atoms with Gasteiger partial charge in [0.05, 0.1) is 0 Å². The van der Waals surface area contributed by atoms with Crippen molar-refractivity contribution in [3.05, 3.63) is 67.1 Å². The Kier molecular flexibility index (Phi) is 2.13. The number of hydrogen-bond donors (Lipinski definition) is 0. The minimum absolute atomic E-state index is 1.23. The Balaban J connectivity index is 2.68. The van der Waals surface area contributed by atoms with Gasteiger partial charge in [-0.2, -0.15) is 0 Å². The van der Waals surface area contributed by atoms with Crippen LogP contribution in [0.4, 0.5) is 0 Å². The molecule has 0 saturated heterocycles. The van der Waals surface area contributed by atoms with Crippen LogP contribution in [0.1, 0.15) is 5.56 Å². The summed E-state index contributed by atoms with van der Waals surface area (Å²) in [4.78, 5) is 0. The molecule has 0 fully saturated rings. The first-order valence-electron chi connectivity index (χ1n) is 4.35. The van der Waals surface area contributed by atoms with E-state index in [1.165, 1.54) is 16.3 Å². The molecule has 0 saturated carbocycles. The highest BCUT2D eigenvalue weighted by atomic mass is 14.0. The summed E-state index contributed by atoms with van der Waals surface area (Å²) < 4.78 is 0. The summed E-state index contributed by atoms with van der Waals surface area (Å²) in [6, 6.07) is 14.7. The normalized spacial score (nSPS) is 10.2. The van der Waals surface area contributed by atoms with Crippen molar-refractivity contribution in [1.29, 1.82) is 0 Å². The first-order valence-corrected chi connectivity index (χ1v) is 4.35. The quantitative estimate of drug-likeness (QED) is 0.641. The second kappa shape index (κ2) is 3.44. The first-order chi connectivity index (χ1) is 6.42. The summed E-state index contributed by atoms with van der Waals surface area (Å²) >= 11 is 0. The van der Waals surface area contributed by atoms with Crippen LogP contribution in [0.15, 0.2) is 55.1 Å². The molecule has 0 atom stereocenters. The Labute approximate surface area is 78.5 Å². The molecule has 13 heavy (non-hydrogen) atoms. The third kappa shape index (κ3) is 1.48. The second-order valence-electron chi connectivity index (χ2n) is 2.97. The third-order valence-corrected chi connectivity index (χ3v) is 2.12. The van der Waals surface area contributed by atoms with Gasteiger partial charge in [-0.05, 0) is 16.3 Å². The van der Waals surface area contributed by atoms with Gasteiger partial charge in [0.15, 0.2) is 0 Å². The van der Waals surface area contributed by atoms with Crippen molar-refractivity contribution in [1.82, 2.24) is 0 Å². The summed E-state index contributed by atoms with van der Waals surface area (Å²) in [6.45, 7) is 3.71. The predicted octanol–water partition coefficient (Wildman–Crippen LogP) is 3.58. The largest absolute Gasteiger partial charge is 0.102 e. The van der Waals surface area contributed by atoms with Gasteiger partial charge in [0.25, 0.3) is 0 Å². The van der Waals surface area contributed by atoms with E-state index < -0.39 is 0 Å². The van der Waals surface area contributed by atoms with Gasteiger partial charge in [-0.15, -0.1) is 6.58 Å². The van der Waals surface area contributed by atoms with E-state index in [1.54, 1.807) is 0 Å². The lowest BCUT2D eigenvalue weighted by Crippen LogP contribution is -1.80. The molecule has 0 aromatic heterocycles. The molecule has 0 heterocycles. The molecule has 0 amide bonds. The summed E-state index contributed by atoms with van der Waals surface area (Å²) in [7, 11) is 0. The van der Waals surface area contributed by atoms with E-state index in [9.17, 15) is 0 Å². The number of benzene rings is 2. The Morgan fingerprint density at radius 2 is 1.69 bits per heavy atom. The van der Waals surface area contributed by atoms with Crippen LogP contribution in [0.2, 0.25) is 0 Å². The van der Waals surface area contributed by atoms with Crippen molar-refractivity contribution in [2.75, 3.05) is 0 Å². The average Bonchev–Trinajstić information content (AvgIpc) is 2.19. The lowest BCUT2D eigenvalue weighted by Gasteiger charge is -2.02. The van der Waals surface area contributed by atoms with Gasteiger partial charge in [-0.1, -0.05) is 48.5 Å². The molecule has 63 valence electrons. The van der Waals surface area contributed by atoms with Crippen LogP contribution in [-0.4, -0.2) is 0 Å². The molecule has 2 rings (SSSR count). The molecular formula is C13H11. The van der Waals surface area contributed by atoms with Crippen molar-refractivity contribution in [3.8, 4) is 0 Å². The second-order valence-corrected chi connectivity index (χ2v) is 2.97. The topological polar surface area (TPSA) is 0 Å². The first kappa shape index (κ1) is 8.06. The molecule has 0 N–H and O–H groups in total. The maximum absolute atomic E-state index is 3.71. The fraction of sp³-hybridized carbons (Fsp3) is 0. The van der Waals surface area contributed by atoms with Gasteiger partial charge in [-0.25, -0.2) is 0 Å². The summed E-state index contributed by atoms with van der Waals surface area (Å²) in [5.74, 6) is 0. The molecule has 2 aromatic rings. The average molecular weight is 167 g/mol. The number of rotatable bonds is 2. The van der Waals surface area contributed by atoms with Crippen molar-refractivity contribution in [3.63, 3.8) is 0 Å². The predicted molar refractivity (Wildman–Crippen MR) is 57.5 cm³/mol. The van der Waals surface area contributed by atoms with E-state index in [2.05, 4.69) is 49.0 Å². The molecule has 0 heteroatoms. The molecule has 0 spiro atoms. The minimum Gasteiger partial charge on any atom is -0.102 e. The molecule has 0 unspecified atom stereocenters. The molecule has 0 aliphatic carbocycles. The van der Waals surface area contributed by atoms with Gasteiger partial charge in [0.2, 0.25) is 0 Å². The van der Waals surface area contributed by atoms with E-state index in [0.717, 1.165) is 0 Å². The van der Waals surface area contributed by atoms with Crippen molar-refractivity contribution >= 4 is 10.8 Å². The molecular weight excluding hydrogens is 156 g/mol. The highest BCUT2D eigenvalue weighted by Gasteiger charge is 1.96. The third-order valence-electron chi connectivity index (χ3n) is 2.12. The van der Waals surface area contributed by atoms with Crippen molar-refractivity contribution in [2.24, 2.45) is 0 Å². The van der Waals surface area contributed by atoms with E-state index in [1.807, 2.05) is 12.5 Å². The van der Waals surface area contributed by atoms with E-state index >= 15 is 0 Å². The maximum atomic E-state index is 3.71. The number of hydrogen-bond acceptors (Lipinski definition) is 0. The van der Waals surface area contributed by atoms with Gasteiger partial charge in [0.1, 0.15) is 0 Å². The highest BCUT2D eigenvalue weighted by Crippen LogP contribution is 2.19. The Morgan fingerprint density at radius 1 is 0.923 bits per heavy atom. The summed E-state index contributed by atoms with van der Waals surface area (Å²) in [5, 5.41) is 2.56. The molecule has 0 aliphatic heterocycles. The van der Waals surface area contributed by atoms with Crippen LogP contribution in [0, 0.1) is 6.42 Å². The van der Waals surface area contributed by atoms with Crippen LogP contribution >= 0.6 is 0 Å². The molecule has 0 nitrogen and oxygen atoms in total. The highest BCUT2D eigenvalue weighted by molar-refractivity contribution is 5.86. The van der Waals surface area contributed by atoms with Crippen molar-refractivity contribution < 1.29 is 0 Å². The standard InChI is InChI=1S/C13H11/c1-2-6-11-8-5-9-12-7-3-4-10-13(11)12/h2-10H,1H2. The van der Waals surface area contributed by atoms with Crippen LogP contribution in [0.25, 0.3) is 10.8 Å². The monoisotopic (exact) mass is 167 g/mol. The van der Waals surface area contributed by atoms with E-state index in [4.69, 9.17) is 0 Å². The number of allylic oxidation sites excluding steroid dienone is 1. The Bertz CT molecular complexity index is 421. The van der Waals surface area contributed by atoms with Crippen LogP contribution in [-0.2, 0) is 0 Å². The maximum Gasteiger partial charge on any atom is 0.0125 e. The number of fused-ring (bicyclic) bond motifs is 1. The zero-order valence-corrected chi connectivity index (χ0v) is 7.40. The summed E-state index contributed by atoms with van der Waals surface area (Å²) in [6.07, 6.45) is 3.85. The van der Waals surface area contributed by atoms with Crippen LogP contribution in [0.5, 0.6) is 0 Å². The molecule has 0 aliphatic rings. The van der Waals surface area contributed by atoms with Crippen LogP contribution < -0.4 is 0 Å². The van der Waals surface area contributed by atoms with Gasteiger partial charge in [-0.3, -0.25) is 0 Å². The molecule has 0 bridgehead atoms. The fourth-order valence-corrected chi connectivity index (χ4v) is 1.52. The lowest BCUT2D eigenvalue weighted by atomic mass is 10.0. The van der Waals surface area contributed by atoms with Crippen molar-refractivity contribution in [2.45, 2.75) is 0 Å². The van der Waals surface area contributed by atoms with E-state index in [-0.39, 0.29) is 0 Å². The van der Waals surface area contributed by atoms with Gasteiger partial charge >= 0.3 is 0 Å². The minimum atomic E-state index is 1.23. The SMILES string of the molecule is C=C[CH]c1cccc2ccccc12. The summed E-state index contributed by atoms with van der Waals surface area (Å²) in [5.41, 5.74) is 1.23. The zero-order chi connectivity index (χ0) is 9.10. The van der Waals surface area contributed by atoms with Gasteiger partial charge < -0.3 is 0 Å². The fourth-order valence-electron chi connectivity index (χ4n) is 1.52. The van der Waals surface area contributed by atoms with E-state index in [0.29, 0.717) is 0 Å². The zero-order valence-electron chi connectivity index (χ0n) is 7.40.